The van der Waals surface area contributed by atoms with Crippen molar-refractivity contribution in [2.75, 3.05) is 19.6 Å². The molecule has 1 fully saturated rings. The number of hydrogen-bond acceptors (Lipinski definition) is 2. The Morgan fingerprint density at radius 3 is 3.44 bits per heavy atom. The van der Waals surface area contributed by atoms with Gasteiger partial charge in [0.25, 0.3) is 0 Å². The SMILES string of the molecule is C1=C2CCNC2CNC1. The summed E-state index contributed by atoms with van der Waals surface area (Å²) in [5, 5.41) is 6.75. The Morgan fingerprint density at radius 1 is 1.56 bits per heavy atom. The highest BCUT2D eigenvalue weighted by atomic mass is 15.0. The molecule has 2 aliphatic heterocycles. The van der Waals surface area contributed by atoms with E-state index in [0.717, 1.165) is 13.1 Å². The van der Waals surface area contributed by atoms with Gasteiger partial charge in [-0.3, -0.25) is 0 Å². The minimum Gasteiger partial charge on any atom is -0.311 e. The molecule has 0 aromatic rings. The zero-order chi connectivity index (χ0) is 6.10. The number of rotatable bonds is 0. The third kappa shape index (κ3) is 0.884. The molecule has 1 unspecified atom stereocenters. The van der Waals surface area contributed by atoms with E-state index in [1.807, 2.05) is 0 Å². The molecule has 2 heteroatoms. The van der Waals surface area contributed by atoms with E-state index < -0.39 is 0 Å². The minimum atomic E-state index is 0.666. The van der Waals surface area contributed by atoms with Gasteiger partial charge in [0.15, 0.2) is 0 Å². The highest BCUT2D eigenvalue weighted by Gasteiger charge is 2.20. The van der Waals surface area contributed by atoms with Crippen molar-refractivity contribution in [1.82, 2.24) is 10.6 Å². The third-order valence-electron chi connectivity index (χ3n) is 2.11. The van der Waals surface area contributed by atoms with E-state index in [-0.39, 0.29) is 0 Å². The van der Waals surface area contributed by atoms with Crippen LogP contribution in [0.2, 0.25) is 0 Å². The van der Waals surface area contributed by atoms with Crippen molar-refractivity contribution >= 4 is 0 Å². The highest BCUT2D eigenvalue weighted by molar-refractivity contribution is 5.19. The average Bonchev–Trinajstić information content (AvgIpc) is 2.33. The van der Waals surface area contributed by atoms with E-state index in [1.54, 1.807) is 5.57 Å². The lowest BCUT2D eigenvalue weighted by Gasteiger charge is -2.17. The van der Waals surface area contributed by atoms with Gasteiger partial charge < -0.3 is 10.6 Å². The smallest absolute Gasteiger partial charge is 0.0407 e. The van der Waals surface area contributed by atoms with Gasteiger partial charge in [0, 0.05) is 19.1 Å². The Labute approximate surface area is 55.3 Å². The summed E-state index contributed by atoms with van der Waals surface area (Å²) in [5.74, 6) is 0. The summed E-state index contributed by atoms with van der Waals surface area (Å²) in [6.45, 7) is 3.39. The molecule has 2 N–H and O–H groups in total. The van der Waals surface area contributed by atoms with Gasteiger partial charge in [0.1, 0.15) is 0 Å². The monoisotopic (exact) mass is 124 g/mol. The van der Waals surface area contributed by atoms with Gasteiger partial charge in [-0.05, 0) is 13.0 Å². The van der Waals surface area contributed by atoms with Gasteiger partial charge in [-0.25, -0.2) is 0 Å². The van der Waals surface area contributed by atoms with Crippen LogP contribution >= 0.6 is 0 Å². The molecule has 0 aromatic carbocycles. The van der Waals surface area contributed by atoms with Crippen LogP contribution in [0.3, 0.4) is 0 Å². The van der Waals surface area contributed by atoms with Crippen LogP contribution in [0.1, 0.15) is 6.42 Å². The Morgan fingerprint density at radius 2 is 2.56 bits per heavy atom. The summed E-state index contributed by atoms with van der Waals surface area (Å²) < 4.78 is 0. The number of hydrogen-bond donors (Lipinski definition) is 2. The first-order chi connectivity index (χ1) is 4.47. The maximum Gasteiger partial charge on any atom is 0.0407 e. The molecule has 2 aliphatic rings. The quantitative estimate of drug-likeness (QED) is 0.440. The van der Waals surface area contributed by atoms with E-state index >= 15 is 0 Å². The summed E-state index contributed by atoms with van der Waals surface area (Å²) in [6.07, 6.45) is 3.58. The van der Waals surface area contributed by atoms with Gasteiger partial charge in [-0.2, -0.15) is 0 Å². The largest absolute Gasteiger partial charge is 0.311 e. The molecule has 2 rings (SSSR count). The maximum absolute atomic E-state index is 3.43. The third-order valence-corrected chi connectivity index (χ3v) is 2.11. The van der Waals surface area contributed by atoms with Gasteiger partial charge in [0.05, 0.1) is 0 Å². The standard InChI is InChI=1S/C7H12N2/c1-3-8-5-7-6(1)2-4-9-7/h1,7-9H,2-5H2. The van der Waals surface area contributed by atoms with Crippen LogP contribution in [0.25, 0.3) is 0 Å². The first-order valence-corrected chi connectivity index (χ1v) is 3.60. The molecule has 0 bridgehead atoms. The fourth-order valence-electron chi connectivity index (χ4n) is 1.57. The number of fused-ring (bicyclic) bond motifs is 1. The lowest BCUT2D eigenvalue weighted by atomic mass is 10.1. The van der Waals surface area contributed by atoms with Crippen molar-refractivity contribution < 1.29 is 0 Å². The van der Waals surface area contributed by atoms with Crippen molar-refractivity contribution in [2.45, 2.75) is 12.5 Å². The summed E-state index contributed by atoms with van der Waals surface area (Å²) in [6, 6.07) is 0.666. The van der Waals surface area contributed by atoms with Crippen LogP contribution in [-0.4, -0.2) is 25.7 Å². The van der Waals surface area contributed by atoms with Gasteiger partial charge in [0.2, 0.25) is 0 Å². The minimum absolute atomic E-state index is 0.666. The summed E-state index contributed by atoms with van der Waals surface area (Å²) in [5.41, 5.74) is 1.62. The first-order valence-electron chi connectivity index (χ1n) is 3.60. The highest BCUT2D eigenvalue weighted by Crippen LogP contribution is 2.14. The molecule has 2 heterocycles. The molecule has 9 heavy (non-hydrogen) atoms. The second-order valence-electron chi connectivity index (χ2n) is 2.69. The van der Waals surface area contributed by atoms with Crippen molar-refractivity contribution in [3.8, 4) is 0 Å². The average molecular weight is 124 g/mol. The Hall–Kier alpha value is -0.340. The van der Waals surface area contributed by atoms with Crippen molar-refractivity contribution in [3.63, 3.8) is 0 Å². The van der Waals surface area contributed by atoms with Crippen molar-refractivity contribution in [2.24, 2.45) is 0 Å². The molecule has 0 spiro atoms. The number of nitrogens with one attached hydrogen (secondary N) is 2. The molecular formula is C7H12N2. The van der Waals surface area contributed by atoms with E-state index in [0.29, 0.717) is 6.04 Å². The summed E-state index contributed by atoms with van der Waals surface area (Å²) >= 11 is 0. The van der Waals surface area contributed by atoms with Crippen LogP contribution in [0, 0.1) is 0 Å². The first kappa shape index (κ1) is 5.45. The molecule has 0 amide bonds. The predicted molar refractivity (Wildman–Crippen MR) is 37.4 cm³/mol. The summed E-state index contributed by atoms with van der Waals surface area (Å²) in [7, 11) is 0. The second-order valence-corrected chi connectivity index (χ2v) is 2.69. The molecule has 0 saturated carbocycles. The van der Waals surface area contributed by atoms with E-state index in [9.17, 15) is 0 Å². The van der Waals surface area contributed by atoms with Gasteiger partial charge in [-0.1, -0.05) is 11.6 Å². The Balaban J connectivity index is 2.16. The molecule has 50 valence electrons. The van der Waals surface area contributed by atoms with Crippen LogP contribution < -0.4 is 10.6 Å². The van der Waals surface area contributed by atoms with Crippen LogP contribution in [0.5, 0.6) is 0 Å². The van der Waals surface area contributed by atoms with Crippen molar-refractivity contribution in [1.29, 1.82) is 0 Å². The van der Waals surface area contributed by atoms with Crippen LogP contribution in [0.15, 0.2) is 11.6 Å². The molecule has 1 atom stereocenters. The Bertz CT molecular complexity index is 140. The predicted octanol–water partition coefficient (Wildman–Crippen LogP) is -0.122. The second kappa shape index (κ2) is 2.12. The van der Waals surface area contributed by atoms with E-state index in [2.05, 4.69) is 16.7 Å². The molecule has 0 aromatic heterocycles. The Kier molecular flexibility index (Phi) is 1.28. The molecule has 1 saturated heterocycles. The zero-order valence-corrected chi connectivity index (χ0v) is 5.48. The fourth-order valence-corrected chi connectivity index (χ4v) is 1.57. The molecule has 0 radical (unpaired) electrons. The van der Waals surface area contributed by atoms with Gasteiger partial charge >= 0.3 is 0 Å². The maximum atomic E-state index is 3.43. The van der Waals surface area contributed by atoms with Crippen LogP contribution in [0.4, 0.5) is 0 Å². The lowest BCUT2D eigenvalue weighted by Crippen LogP contribution is -2.38. The fraction of sp³-hybridized carbons (Fsp3) is 0.714. The van der Waals surface area contributed by atoms with Crippen LogP contribution in [-0.2, 0) is 0 Å². The zero-order valence-electron chi connectivity index (χ0n) is 5.48. The van der Waals surface area contributed by atoms with Gasteiger partial charge in [-0.15, -0.1) is 0 Å². The van der Waals surface area contributed by atoms with E-state index in [4.69, 9.17) is 0 Å². The lowest BCUT2D eigenvalue weighted by molar-refractivity contribution is 0.580. The van der Waals surface area contributed by atoms with E-state index in [1.165, 1.54) is 13.0 Å². The molecule has 0 aliphatic carbocycles. The molecular weight excluding hydrogens is 112 g/mol. The molecule has 2 nitrogen and oxygen atoms in total. The van der Waals surface area contributed by atoms with Crippen molar-refractivity contribution in [3.05, 3.63) is 11.6 Å². The summed E-state index contributed by atoms with van der Waals surface area (Å²) in [4.78, 5) is 0. The normalized spacial score (nSPS) is 33.8. The topological polar surface area (TPSA) is 24.1 Å².